The Morgan fingerprint density at radius 3 is 2.06 bits per heavy atom. The number of rotatable bonds is 9. The second-order valence-corrected chi connectivity index (χ2v) is 5.06. The zero-order valence-corrected chi connectivity index (χ0v) is 12.3. The predicted molar refractivity (Wildman–Crippen MR) is 75.9 cm³/mol. The lowest BCUT2D eigenvalue weighted by Crippen LogP contribution is -2.26. The van der Waals surface area contributed by atoms with Crippen molar-refractivity contribution in [2.75, 3.05) is 0 Å². The number of unbranched alkanes of at least 4 members (excludes halogenated alkanes) is 2. The van der Waals surface area contributed by atoms with Crippen LogP contribution in [0.15, 0.2) is 30.3 Å². The van der Waals surface area contributed by atoms with E-state index >= 15 is 0 Å². The molecule has 0 radical (unpaired) electrons. The Hall–Kier alpha value is -0.720. The molecular weight excluding hydrogens is 243 g/mol. The van der Waals surface area contributed by atoms with Crippen LogP contribution in [0, 0.1) is 0 Å². The molecule has 1 rings (SSSR count). The summed E-state index contributed by atoms with van der Waals surface area (Å²) in [5, 5.41) is 0. The van der Waals surface area contributed by atoms with Crippen molar-refractivity contribution >= 4 is 8.69 Å². The van der Waals surface area contributed by atoms with Crippen LogP contribution in [0.1, 0.15) is 57.9 Å². The highest BCUT2D eigenvalue weighted by atomic mass is 31.1. The van der Waals surface area contributed by atoms with E-state index in [2.05, 4.69) is 26.0 Å². The molecule has 0 saturated carbocycles. The highest BCUT2D eigenvalue weighted by Crippen LogP contribution is 2.39. The molecule has 3 heteroatoms. The highest BCUT2D eigenvalue weighted by molar-refractivity contribution is 7.17. The van der Waals surface area contributed by atoms with Gasteiger partial charge in [0.25, 0.3) is 0 Å². The minimum atomic E-state index is -0.378. The van der Waals surface area contributed by atoms with Crippen molar-refractivity contribution in [3.05, 3.63) is 35.9 Å². The molecule has 100 valence electrons. The summed E-state index contributed by atoms with van der Waals surface area (Å²) < 4.78 is 16.6. The van der Waals surface area contributed by atoms with E-state index in [1.165, 1.54) is 0 Å². The van der Waals surface area contributed by atoms with Crippen LogP contribution in [0.2, 0.25) is 0 Å². The topological polar surface area (TPSA) is 26.3 Å². The highest BCUT2D eigenvalue weighted by Gasteiger charge is 2.32. The van der Waals surface area contributed by atoms with Gasteiger partial charge < -0.3 is 0 Å². The zero-order chi connectivity index (χ0) is 13.3. The van der Waals surface area contributed by atoms with E-state index in [-0.39, 0.29) is 14.3 Å². The molecule has 18 heavy (non-hydrogen) atoms. The van der Waals surface area contributed by atoms with Gasteiger partial charge in [-0.1, -0.05) is 69.9 Å². The maximum atomic E-state index is 11.0. The average molecular weight is 266 g/mol. The van der Waals surface area contributed by atoms with E-state index in [0.717, 1.165) is 44.1 Å². The lowest BCUT2D eigenvalue weighted by Gasteiger charge is -2.31. The van der Waals surface area contributed by atoms with E-state index in [0.29, 0.717) is 0 Å². The van der Waals surface area contributed by atoms with E-state index in [9.17, 15) is 4.57 Å². The second kappa shape index (κ2) is 8.39. The predicted octanol–water partition coefficient (Wildman–Crippen LogP) is 5.49. The van der Waals surface area contributed by atoms with Crippen molar-refractivity contribution in [2.45, 2.75) is 58.0 Å². The molecule has 0 unspecified atom stereocenters. The number of hydrogen-bond donors (Lipinski definition) is 0. The minimum Gasteiger partial charge on any atom is -0.283 e. The van der Waals surface area contributed by atoms with Crippen LogP contribution < -0.4 is 0 Å². The summed E-state index contributed by atoms with van der Waals surface area (Å²) in [6, 6.07) is 10.2. The van der Waals surface area contributed by atoms with Crippen molar-refractivity contribution in [3.63, 3.8) is 0 Å². The molecule has 0 spiro atoms. The Labute approximate surface area is 112 Å². The Balaban J connectivity index is 2.97. The van der Waals surface area contributed by atoms with Gasteiger partial charge in [0.2, 0.25) is 0 Å². The summed E-state index contributed by atoms with van der Waals surface area (Å²) in [4.78, 5) is 0. The third-order valence-corrected chi connectivity index (χ3v) is 3.80. The van der Waals surface area contributed by atoms with Crippen LogP contribution >= 0.6 is 8.69 Å². The lowest BCUT2D eigenvalue weighted by atomic mass is 9.84. The van der Waals surface area contributed by atoms with Gasteiger partial charge in [0, 0.05) is 0 Å². The van der Waals surface area contributed by atoms with Crippen molar-refractivity contribution in [1.82, 2.24) is 0 Å². The van der Waals surface area contributed by atoms with E-state index < -0.39 is 0 Å². The second-order valence-electron chi connectivity index (χ2n) is 4.73. The maximum absolute atomic E-state index is 11.0. The first kappa shape index (κ1) is 15.3. The molecule has 0 N–H and O–H groups in total. The molecular formula is C15H23O2P. The molecule has 0 atom stereocenters. The summed E-state index contributed by atoms with van der Waals surface area (Å²) in [6.45, 7) is 4.34. The van der Waals surface area contributed by atoms with E-state index in [1.54, 1.807) is 0 Å². The van der Waals surface area contributed by atoms with Crippen LogP contribution in [0.25, 0.3) is 0 Å². The van der Waals surface area contributed by atoms with Crippen LogP contribution in [-0.4, -0.2) is 0 Å². The van der Waals surface area contributed by atoms with Crippen molar-refractivity contribution in [2.24, 2.45) is 0 Å². The molecule has 2 nitrogen and oxygen atoms in total. The van der Waals surface area contributed by atoms with Gasteiger partial charge in [0.15, 0.2) is 0 Å². The molecule has 0 aliphatic carbocycles. The Kier molecular flexibility index (Phi) is 7.15. The molecule has 1 aromatic rings. The fourth-order valence-electron chi connectivity index (χ4n) is 2.30. The molecule has 0 amide bonds. The lowest BCUT2D eigenvalue weighted by molar-refractivity contribution is 0.0568. The van der Waals surface area contributed by atoms with E-state index in [4.69, 9.17) is 4.52 Å². The third-order valence-electron chi connectivity index (χ3n) is 3.38. The fraction of sp³-hybridized carbons (Fsp3) is 0.600. The fourth-order valence-corrected chi connectivity index (χ4v) is 2.73. The summed E-state index contributed by atoms with van der Waals surface area (Å²) >= 11 is 0. The molecule has 0 aromatic heterocycles. The van der Waals surface area contributed by atoms with Gasteiger partial charge in [0.1, 0.15) is 5.60 Å². The quantitative estimate of drug-likeness (QED) is 0.553. The average Bonchev–Trinajstić information content (AvgIpc) is 2.43. The van der Waals surface area contributed by atoms with Crippen LogP contribution in [0.4, 0.5) is 0 Å². The van der Waals surface area contributed by atoms with Crippen LogP contribution in [0.5, 0.6) is 0 Å². The summed E-state index contributed by atoms with van der Waals surface area (Å²) in [7, 11) is -0.219. The van der Waals surface area contributed by atoms with Gasteiger partial charge in [0.05, 0.1) is 0 Å². The SMILES string of the molecule is CCCCC(CCCC)(OP=O)c1ccccc1. The Morgan fingerprint density at radius 2 is 1.61 bits per heavy atom. The van der Waals surface area contributed by atoms with Gasteiger partial charge in [-0.15, -0.1) is 0 Å². The van der Waals surface area contributed by atoms with Crippen molar-refractivity contribution in [3.8, 4) is 0 Å². The number of benzene rings is 1. The van der Waals surface area contributed by atoms with Gasteiger partial charge in [-0.05, 0) is 18.4 Å². The van der Waals surface area contributed by atoms with Crippen LogP contribution in [0.3, 0.4) is 0 Å². The molecule has 0 aliphatic heterocycles. The standard InChI is InChI=1S/C15H23O2P/c1-3-5-12-15(17-18-16,13-6-4-2)14-10-8-7-9-11-14/h7-11H,3-6,12-13H2,1-2H3. The summed E-state index contributed by atoms with van der Waals surface area (Å²) in [5.74, 6) is 0. The molecule has 0 saturated heterocycles. The summed E-state index contributed by atoms with van der Waals surface area (Å²) in [6.07, 6.45) is 6.30. The molecule has 0 bridgehead atoms. The maximum Gasteiger partial charge on any atom is 0.328 e. The van der Waals surface area contributed by atoms with Gasteiger partial charge >= 0.3 is 8.69 Å². The van der Waals surface area contributed by atoms with Crippen LogP contribution in [-0.2, 0) is 14.7 Å². The Bertz CT molecular complexity index is 330. The van der Waals surface area contributed by atoms with Gasteiger partial charge in [-0.3, -0.25) is 4.52 Å². The zero-order valence-electron chi connectivity index (χ0n) is 11.4. The molecule has 0 fully saturated rings. The first-order chi connectivity index (χ1) is 8.79. The smallest absolute Gasteiger partial charge is 0.283 e. The summed E-state index contributed by atoms with van der Waals surface area (Å²) in [5.41, 5.74) is 0.770. The van der Waals surface area contributed by atoms with Gasteiger partial charge in [-0.25, -0.2) is 4.57 Å². The third kappa shape index (κ3) is 4.19. The first-order valence-electron chi connectivity index (χ1n) is 6.85. The normalized spacial score (nSPS) is 11.9. The van der Waals surface area contributed by atoms with Crippen molar-refractivity contribution in [1.29, 1.82) is 0 Å². The molecule has 1 aromatic carbocycles. The molecule has 0 aliphatic rings. The minimum absolute atomic E-state index is 0.219. The largest absolute Gasteiger partial charge is 0.328 e. The monoisotopic (exact) mass is 266 g/mol. The first-order valence-corrected chi connectivity index (χ1v) is 7.58. The Morgan fingerprint density at radius 1 is 1.06 bits per heavy atom. The molecule has 0 heterocycles. The van der Waals surface area contributed by atoms with Gasteiger partial charge in [-0.2, -0.15) is 0 Å². The van der Waals surface area contributed by atoms with E-state index in [1.807, 2.05) is 18.2 Å². The number of hydrogen-bond acceptors (Lipinski definition) is 2. The van der Waals surface area contributed by atoms with Crippen molar-refractivity contribution < 1.29 is 9.09 Å².